The highest BCUT2D eigenvalue weighted by Crippen LogP contribution is 2.19. The maximum atomic E-state index is 13.4. The van der Waals surface area contributed by atoms with Gasteiger partial charge in [0, 0.05) is 12.1 Å². The summed E-state index contributed by atoms with van der Waals surface area (Å²) in [5.74, 6) is -3.73. The minimum atomic E-state index is -1.35. The Morgan fingerprint density at radius 3 is 2.32 bits per heavy atom. The van der Waals surface area contributed by atoms with E-state index in [1.54, 1.807) is 30.3 Å². The predicted molar refractivity (Wildman–Crippen MR) is 74.7 cm³/mol. The number of hydrogen-bond donors (Lipinski definition) is 3. The molecular weight excluding hydrogens is 297 g/mol. The lowest BCUT2D eigenvalue weighted by Crippen LogP contribution is -2.34. The molecule has 2 aromatic rings. The van der Waals surface area contributed by atoms with E-state index in [9.17, 15) is 23.1 Å². The Balaban J connectivity index is 2.08. The van der Waals surface area contributed by atoms with Crippen LogP contribution in [0, 0.1) is 17.5 Å². The number of rotatable bonds is 4. The standard InChI is InChI=1S/C15H13F3N2O2/c16-10-6-12(18)13(7-11(10)17)19-15(22)20-14(8-21)9-4-2-1-3-5-9/h1-7,14,21H,8H2,(H2,19,20,22)/t14-/m1/s1. The second-order valence-electron chi connectivity index (χ2n) is 4.49. The monoisotopic (exact) mass is 310 g/mol. The number of urea groups is 1. The van der Waals surface area contributed by atoms with Gasteiger partial charge in [-0.3, -0.25) is 0 Å². The minimum absolute atomic E-state index is 0.339. The van der Waals surface area contributed by atoms with Gasteiger partial charge in [0.25, 0.3) is 0 Å². The molecule has 22 heavy (non-hydrogen) atoms. The van der Waals surface area contributed by atoms with Crippen LogP contribution >= 0.6 is 0 Å². The van der Waals surface area contributed by atoms with E-state index >= 15 is 0 Å². The second-order valence-corrected chi connectivity index (χ2v) is 4.49. The molecule has 0 aliphatic carbocycles. The van der Waals surface area contributed by atoms with Gasteiger partial charge in [-0.2, -0.15) is 0 Å². The zero-order chi connectivity index (χ0) is 16.1. The van der Waals surface area contributed by atoms with E-state index in [1.807, 2.05) is 0 Å². The molecule has 1 atom stereocenters. The van der Waals surface area contributed by atoms with Gasteiger partial charge in [0.1, 0.15) is 5.82 Å². The molecule has 0 bridgehead atoms. The topological polar surface area (TPSA) is 61.4 Å². The van der Waals surface area contributed by atoms with Crippen LogP contribution in [0.3, 0.4) is 0 Å². The van der Waals surface area contributed by atoms with Crippen LogP contribution in [0.4, 0.5) is 23.7 Å². The minimum Gasteiger partial charge on any atom is -0.394 e. The summed E-state index contributed by atoms with van der Waals surface area (Å²) in [5, 5.41) is 13.8. The average Bonchev–Trinajstić information content (AvgIpc) is 2.51. The summed E-state index contributed by atoms with van der Waals surface area (Å²) in [5.41, 5.74) is 0.145. The zero-order valence-corrected chi connectivity index (χ0v) is 11.3. The van der Waals surface area contributed by atoms with Crippen LogP contribution < -0.4 is 10.6 Å². The first-order valence-corrected chi connectivity index (χ1v) is 6.39. The van der Waals surface area contributed by atoms with E-state index in [2.05, 4.69) is 10.6 Å². The molecule has 0 spiro atoms. The number of carbonyl (C=O) groups excluding carboxylic acids is 1. The number of aliphatic hydroxyl groups excluding tert-OH is 1. The van der Waals surface area contributed by atoms with Gasteiger partial charge in [0.2, 0.25) is 0 Å². The van der Waals surface area contributed by atoms with E-state index in [1.165, 1.54) is 0 Å². The second kappa shape index (κ2) is 6.95. The van der Waals surface area contributed by atoms with Crippen LogP contribution in [0.1, 0.15) is 11.6 Å². The molecule has 0 saturated carbocycles. The molecule has 0 saturated heterocycles. The quantitative estimate of drug-likeness (QED) is 0.760. The molecule has 4 nitrogen and oxygen atoms in total. The molecule has 2 aromatic carbocycles. The van der Waals surface area contributed by atoms with Crippen LogP contribution in [-0.2, 0) is 0 Å². The maximum absolute atomic E-state index is 13.4. The lowest BCUT2D eigenvalue weighted by molar-refractivity contribution is 0.225. The zero-order valence-electron chi connectivity index (χ0n) is 11.3. The van der Waals surface area contributed by atoms with Crippen molar-refractivity contribution in [1.82, 2.24) is 5.32 Å². The number of anilines is 1. The largest absolute Gasteiger partial charge is 0.394 e. The molecular formula is C15H13F3N2O2. The molecule has 2 rings (SSSR count). The Morgan fingerprint density at radius 2 is 1.68 bits per heavy atom. The van der Waals surface area contributed by atoms with Crippen LogP contribution in [0.5, 0.6) is 0 Å². The third kappa shape index (κ3) is 3.76. The third-order valence-electron chi connectivity index (χ3n) is 2.95. The molecule has 0 fully saturated rings. The van der Waals surface area contributed by atoms with Crippen LogP contribution in [0.25, 0.3) is 0 Å². The lowest BCUT2D eigenvalue weighted by atomic mass is 10.1. The van der Waals surface area contributed by atoms with E-state index in [-0.39, 0.29) is 6.61 Å². The average molecular weight is 310 g/mol. The summed E-state index contributed by atoms with van der Waals surface area (Å²) in [6.07, 6.45) is 0. The van der Waals surface area contributed by atoms with E-state index in [4.69, 9.17) is 0 Å². The smallest absolute Gasteiger partial charge is 0.319 e. The van der Waals surface area contributed by atoms with Crippen LogP contribution in [-0.4, -0.2) is 17.7 Å². The molecule has 0 aromatic heterocycles. The van der Waals surface area contributed by atoms with Crippen molar-refractivity contribution in [3.05, 3.63) is 65.5 Å². The number of aliphatic hydroxyl groups is 1. The van der Waals surface area contributed by atoms with Crippen molar-refractivity contribution in [2.75, 3.05) is 11.9 Å². The lowest BCUT2D eigenvalue weighted by Gasteiger charge is -2.17. The summed E-state index contributed by atoms with van der Waals surface area (Å²) in [4.78, 5) is 11.8. The summed E-state index contributed by atoms with van der Waals surface area (Å²) < 4.78 is 39.3. The number of hydrogen-bond acceptors (Lipinski definition) is 2. The van der Waals surface area contributed by atoms with Gasteiger partial charge >= 0.3 is 6.03 Å². The molecule has 0 heterocycles. The SMILES string of the molecule is O=C(Nc1cc(F)c(F)cc1F)N[C@H](CO)c1ccccc1. The number of nitrogens with one attached hydrogen (secondary N) is 2. The molecule has 7 heteroatoms. The number of amides is 2. The molecule has 0 aliphatic heterocycles. The molecule has 3 N–H and O–H groups in total. The van der Waals surface area contributed by atoms with Crippen LogP contribution in [0.15, 0.2) is 42.5 Å². The van der Waals surface area contributed by atoms with Gasteiger partial charge in [0.15, 0.2) is 11.6 Å². The fourth-order valence-corrected chi connectivity index (χ4v) is 1.85. The Kier molecular flexibility index (Phi) is 5.00. The van der Waals surface area contributed by atoms with Crippen molar-refractivity contribution >= 4 is 11.7 Å². The van der Waals surface area contributed by atoms with Gasteiger partial charge in [-0.15, -0.1) is 0 Å². The highest BCUT2D eigenvalue weighted by Gasteiger charge is 2.16. The van der Waals surface area contributed by atoms with Crippen molar-refractivity contribution in [2.24, 2.45) is 0 Å². The van der Waals surface area contributed by atoms with Crippen LogP contribution in [0.2, 0.25) is 0 Å². The Morgan fingerprint density at radius 1 is 1.05 bits per heavy atom. The number of benzene rings is 2. The van der Waals surface area contributed by atoms with Gasteiger partial charge < -0.3 is 15.7 Å². The van der Waals surface area contributed by atoms with Crippen molar-refractivity contribution in [3.63, 3.8) is 0 Å². The molecule has 0 radical (unpaired) electrons. The van der Waals surface area contributed by atoms with Gasteiger partial charge in [-0.1, -0.05) is 30.3 Å². The number of carbonyl (C=O) groups is 1. The molecule has 0 unspecified atom stereocenters. The normalized spacial score (nSPS) is 11.8. The Bertz CT molecular complexity index is 665. The van der Waals surface area contributed by atoms with E-state index < -0.39 is 35.2 Å². The Hall–Kier alpha value is -2.54. The summed E-state index contributed by atoms with van der Waals surface area (Å²) in [7, 11) is 0. The highest BCUT2D eigenvalue weighted by molar-refractivity contribution is 5.89. The van der Waals surface area contributed by atoms with Gasteiger partial charge in [0.05, 0.1) is 18.3 Å². The maximum Gasteiger partial charge on any atom is 0.319 e. The molecule has 2 amide bonds. The van der Waals surface area contributed by atoms with Crippen molar-refractivity contribution < 1.29 is 23.1 Å². The first kappa shape index (κ1) is 15.8. The molecule has 116 valence electrons. The van der Waals surface area contributed by atoms with Gasteiger partial charge in [-0.05, 0) is 5.56 Å². The van der Waals surface area contributed by atoms with Crippen molar-refractivity contribution in [2.45, 2.75) is 6.04 Å². The fraction of sp³-hybridized carbons (Fsp3) is 0.133. The summed E-state index contributed by atoms with van der Waals surface area (Å²) in [6, 6.07) is 7.93. The predicted octanol–water partition coefficient (Wildman–Crippen LogP) is 2.96. The van der Waals surface area contributed by atoms with Crippen molar-refractivity contribution in [3.8, 4) is 0 Å². The first-order valence-electron chi connectivity index (χ1n) is 6.39. The summed E-state index contributed by atoms with van der Waals surface area (Å²) >= 11 is 0. The molecule has 0 aliphatic rings. The Labute approximate surface area is 124 Å². The van der Waals surface area contributed by atoms with E-state index in [0.717, 1.165) is 0 Å². The summed E-state index contributed by atoms with van der Waals surface area (Å²) in [6.45, 7) is -0.377. The fourth-order valence-electron chi connectivity index (χ4n) is 1.85. The highest BCUT2D eigenvalue weighted by atomic mass is 19.2. The van der Waals surface area contributed by atoms with Crippen molar-refractivity contribution in [1.29, 1.82) is 0 Å². The third-order valence-corrected chi connectivity index (χ3v) is 2.95. The van der Waals surface area contributed by atoms with Gasteiger partial charge in [-0.25, -0.2) is 18.0 Å². The number of halogens is 3. The van der Waals surface area contributed by atoms with E-state index in [0.29, 0.717) is 17.7 Å². The first-order chi connectivity index (χ1) is 10.5.